The number of aliphatic hydroxyl groups is 1. The predicted octanol–water partition coefficient (Wildman–Crippen LogP) is 8.70. The third-order valence-electron chi connectivity index (χ3n) is 13.4. The zero-order valence-electron chi connectivity index (χ0n) is 36.9. The number of fused-ring (bicyclic) bond motifs is 4. The SMILES string of the molecule is CN(C)[C@@H]1c2onc(OCc3ccccc3)c2C(=O)[C@@]2(O[Si](C)(C)C(C)(C)C)C(O)=C3C(=O)c4c(c(F)cc(NC(=O)C(C)(C)N(C)C)c4OCc4ccccc4)C[C@H]3C[C@@H]12. The highest BCUT2D eigenvalue weighted by molar-refractivity contribution is 6.74. The Labute approximate surface area is 358 Å². The Morgan fingerprint density at radius 3 is 2.10 bits per heavy atom. The summed E-state index contributed by atoms with van der Waals surface area (Å²) in [5.74, 6) is -4.36. The number of Topliss-reactive ketones (excluding diaryl/α,β-unsaturated/α-hetero) is 2. The fraction of sp³-hybridized carbons (Fsp3) is 0.447. The summed E-state index contributed by atoms with van der Waals surface area (Å²) < 4.78 is 42.5. The normalized spacial score (nSPS) is 21.5. The molecule has 0 aliphatic heterocycles. The first-order valence-electron chi connectivity index (χ1n) is 20.7. The zero-order valence-corrected chi connectivity index (χ0v) is 37.9. The van der Waals surface area contributed by atoms with Gasteiger partial charge in [0.2, 0.25) is 11.7 Å². The van der Waals surface area contributed by atoms with Crippen molar-refractivity contribution < 1.29 is 42.3 Å². The first kappa shape index (κ1) is 43.9. The zero-order chi connectivity index (χ0) is 44.4. The molecule has 0 unspecified atom stereocenters. The highest BCUT2D eigenvalue weighted by Crippen LogP contribution is 2.60. The highest BCUT2D eigenvalue weighted by Gasteiger charge is 2.67. The number of aliphatic hydroxyl groups excluding tert-OH is 1. The average Bonchev–Trinajstić information content (AvgIpc) is 3.61. The number of allylic oxidation sites excluding steroid dienone is 1. The van der Waals surface area contributed by atoms with Gasteiger partial charge in [-0.25, -0.2) is 4.39 Å². The van der Waals surface area contributed by atoms with E-state index < -0.39 is 71.4 Å². The molecular weight excluding hydrogens is 796 g/mol. The summed E-state index contributed by atoms with van der Waals surface area (Å²) in [7, 11) is 4.20. The number of anilines is 1. The molecule has 3 aromatic carbocycles. The lowest BCUT2D eigenvalue weighted by Crippen LogP contribution is -2.65. The number of nitrogens with zero attached hydrogens (tertiary/aromatic N) is 3. The molecule has 0 radical (unpaired) electrons. The molecular formula is C47H57FN4O8Si. The standard InChI is InChI=1S/C47H57FN4O8Si/c1-45(2,3)61(10,11)60-47-31(37(51(6)7)40-36(42(47)55)43(50-59-40)58-26-28-20-16-13-17-21-28)23-29-22-30-32(48)24-33(49-44(56)46(4,5)52(8)9)39(35(30)38(53)34(29)41(47)54)57-25-27-18-14-12-15-19-27/h12-21,24,29,31,37,54H,22-23,25-26H2,1-11H3,(H,49,56)/t29-,31-,37-,47-/m0/s1. The van der Waals surface area contributed by atoms with Crippen LogP contribution in [0.15, 0.2) is 82.6 Å². The van der Waals surface area contributed by atoms with Gasteiger partial charge in [-0.3, -0.25) is 24.2 Å². The van der Waals surface area contributed by atoms with Crippen molar-refractivity contribution in [3.05, 3.63) is 117 Å². The number of benzene rings is 3. The van der Waals surface area contributed by atoms with Crippen LogP contribution in [0.4, 0.5) is 10.1 Å². The Hall–Kier alpha value is -5.15. The Morgan fingerprint density at radius 2 is 1.54 bits per heavy atom. The molecule has 7 rings (SSSR count). The summed E-state index contributed by atoms with van der Waals surface area (Å²) in [6.07, 6.45) is 0.157. The topological polar surface area (TPSA) is 144 Å². The number of aromatic nitrogens is 1. The third-order valence-corrected chi connectivity index (χ3v) is 17.8. The van der Waals surface area contributed by atoms with E-state index in [9.17, 15) is 9.90 Å². The minimum Gasteiger partial charge on any atom is -0.508 e. The molecule has 0 saturated heterocycles. The maximum Gasteiger partial charge on any atom is 0.265 e. The monoisotopic (exact) mass is 852 g/mol. The van der Waals surface area contributed by atoms with Crippen LogP contribution in [0, 0.1) is 17.7 Å². The number of hydrogen-bond acceptors (Lipinski definition) is 11. The van der Waals surface area contributed by atoms with Crippen LogP contribution in [0.2, 0.25) is 18.1 Å². The van der Waals surface area contributed by atoms with Gasteiger partial charge in [0.25, 0.3) is 5.88 Å². The van der Waals surface area contributed by atoms with Gasteiger partial charge in [-0.15, -0.1) is 0 Å². The molecule has 3 aliphatic carbocycles. The summed E-state index contributed by atoms with van der Waals surface area (Å²) in [6, 6.07) is 19.2. The first-order valence-corrected chi connectivity index (χ1v) is 23.6. The summed E-state index contributed by atoms with van der Waals surface area (Å²) in [6.45, 7) is 13.6. The molecule has 0 fully saturated rings. The van der Waals surface area contributed by atoms with E-state index in [1.807, 2.05) is 114 Å². The number of carbonyl (C=O) groups excluding carboxylic acids is 3. The van der Waals surface area contributed by atoms with Crippen molar-refractivity contribution in [1.29, 1.82) is 0 Å². The Morgan fingerprint density at radius 1 is 0.951 bits per heavy atom. The number of halogens is 1. The van der Waals surface area contributed by atoms with Crippen LogP contribution in [-0.4, -0.2) is 85.2 Å². The number of ether oxygens (including phenoxy) is 2. The number of amides is 1. The van der Waals surface area contributed by atoms with Gasteiger partial charge in [0.1, 0.15) is 30.4 Å². The largest absolute Gasteiger partial charge is 0.508 e. The lowest BCUT2D eigenvalue weighted by atomic mass is 9.58. The Kier molecular flexibility index (Phi) is 11.5. The fourth-order valence-electron chi connectivity index (χ4n) is 8.42. The van der Waals surface area contributed by atoms with Crippen LogP contribution in [-0.2, 0) is 28.9 Å². The Balaban J connectivity index is 1.43. The van der Waals surface area contributed by atoms with Crippen LogP contribution in [0.1, 0.15) is 90.2 Å². The number of nitrogens with one attached hydrogen (secondary N) is 1. The van der Waals surface area contributed by atoms with E-state index in [0.29, 0.717) is 0 Å². The maximum atomic E-state index is 16.7. The lowest BCUT2D eigenvalue weighted by Gasteiger charge is -2.55. The summed E-state index contributed by atoms with van der Waals surface area (Å²) in [5.41, 5.74) is -1.58. The number of carbonyl (C=O) groups is 3. The van der Waals surface area contributed by atoms with Crippen LogP contribution in [0.25, 0.3) is 0 Å². The number of likely N-dealkylation sites (N-methyl/N-ethyl adjacent to an activating group) is 1. The van der Waals surface area contributed by atoms with Crippen molar-refractivity contribution in [3.8, 4) is 11.6 Å². The molecule has 0 saturated carbocycles. The maximum absolute atomic E-state index is 16.7. The molecule has 1 amide bonds. The summed E-state index contributed by atoms with van der Waals surface area (Å²) >= 11 is 0. The molecule has 3 aliphatic rings. The fourth-order valence-corrected chi connectivity index (χ4v) is 9.87. The second-order valence-electron chi connectivity index (χ2n) is 18.9. The summed E-state index contributed by atoms with van der Waals surface area (Å²) in [5, 5.41) is 19.7. The van der Waals surface area contributed by atoms with Crippen molar-refractivity contribution in [3.63, 3.8) is 0 Å². The van der Waals surface area contributed by atoms with Gasteiger partial charge < -0.3 is 28.8 Å². The van der Waals surface area contributed by atoms with Gasteiger partial charge in [-0.05, 0) is 95.2 Å². The van der Waals surface area contributed by atoms with Gasteiger partial charge in [0.05, 0.1) is 22.8 Å². The molecule has 324 valence electrons. The number of ketones is 2. The molecule has 14 heteroatoms. The molecule has 12 nitrogen and oxygen atoms in total. The second kappa shape index (κ2) is 16.0. The molecule has 1 heterocycles. The van der Waals surface area contributed by atoms with E-state index >= 15 is 14.0 Å². The van der Waals surface area contributed by atoms with E-state index in [-0.39, 0.29) is 71.4 Å². The van der Waals surface area contributed by atoms with E-state index in [2.05, 4.69) is 10.5 Å². The van der Waals surface area contributed by atoms with Crippen molar-refractivity contribution in [1.82, 2.24) is 15.0 Å². The molecule has 61 heavy (non-hydrogen) atoms. The van der Waals surface area contributed by atoms with Gasteiger partial charge >= 0.3 is 0 Å². The van der Waals surface area contributed by atoms with Crippen LogP contribution >= 0.6 is 0 Å². The van der Waals surface area contributed by atoms with Crippen molar-refractivity contribution in [2.75, 3.05) is 33.5 Å². The molecule has 0 bridgehead atoms. The van der Waals surface area contributed by atoms with Crippen LogP contribution in [0.3, 0.4) is 0 Å². The summed E-state index contributed by atoms with van der Waals surface area (Å²) in [4.78, 5) is 48.4. The second-order valence-corrected chi connectivity index (χ2v) is 23.7. The highest BCUT2D eigenvalue weighted by atomic mass is 28.4. The average molecular weight is 853 g/mol. The van der Waals surface area contributed by atoms with E-state index in [4.69, 9.17) is 18.4 Å². The van der Waals surface area contributed by atoms with Crippen LogP contribution < -0.4 is 14.8 Å². The lowest BCUT2D eigenvalue weighted by molar-refractivity contribution is -0.124. The molecule has 0 spiro atoms. The molecule has 1 aromatic heterocycles. The minimum absolute atomic E-state index is 0.00112. The quantitative estimate of drug-likeness (QED) is 0.132. The van der Waals surface area contributed by atoms with Gasteiger partial charge in [-0.2, -0.15) is 0 Å². The smallest absolute Gasteiger partial charge is 0.265 e. The number of hydrogen-bond donors (Lipinski definition) is 2. The molecule has 4 aromatic rings. The van der Waals surface area contributed by atoms with Gasteiger partial charge in [-0.1, -0.05) is 81.4 Å². The van der Waals surface area contributed by atoms with E-state index in [0.717, 1.165) is 11.1 Å². The van der Waals surface area contributed by atoms with E-state index in [1.54, 1.807) is 32.8 Å². The van der Waals surface area contributed by atoms with Crippen LogP contribution in [0.5, 0.6) is 11.6 Å². The molecule has 4 atom stereocenters. The molecule has 2 N–H and O–H groups in total. The Bertz CT molecular complexity index is 2390. The first-order chi connectivity index (χ1) is 28.6. The number of rotatable bonds is 12. The van der Waals surface area contributed by atoms with E-state index in [1.165, 1.54) is 6.07 Å². The van der Waals surface area contributed by atoms with Gasteiger partial charge in [0.15, 0.2) is 31.2 Å². The van der Waals surface area contributed by atoms with Crippen molar-refractivity contribution in [2.24, 2.45) is 11.8 Å². The minimum atomic E-state index is -2.99. The third kappa shape index (κ3) is 7.51. The predicted molar refractivity (Wildman–Crippen MR) is 232 cm³/mol. The van der Waals surface area contributed by atoms with Crippen molar-refractivity contribution >= 4 is 31.5 Å². The van der Waals surface area contributed by atoms with Gasteiger partial charge in [0, 0.05) is 23.1 Å². The van der Waals surface area contributed by atoms with Crippen molar-refractivity contribution in [2.45, 2.75) is 96.0 Å².